The number of nitrogens with two attached hydrogens (primary N) is 1. The van der Waals surface area contributed by atoms with Crippen LogP contribution in [0.15, 0.2) is 53.6 Å². The molecule has 0 radical (unpaired) electrons. The molecule has 146 valence electrons. The largest absolute Gasteiger partial charge is 0.367 e. The highest BCUT2D eigenvalue weighted by atomic mass is 32.2. The van der Waals surface area contributed by atoms with E-state index in [0.29, 0.717) is 5.69 Å². The molecule has 1 fully saturated rings. The predicted molar refractivity (Wildman–Crippen MR) is 113 cm³/mol. The molecule has 0 aliphatic carbocycles. The molecule has 2 N–H and O–H groups in total. The van der Waals surface area contributed by atoms with Gasteiger partial charge < -0.3 is 9.80 Å². The van der Waals surface area contributed by atoms with Gasteiger partial charge in [-0.3, -0.25) is 4.98 Å². The van der Waals surface area contributed by atoms with Gasteiger partial charge in [0.2, 0.25) is 10.0 Å². The van der Waals surface area contributed by atoms with Gasteiger partial charge in [-0.15, -0.1) is 0 Å². The molecule has 1 saturated heterocycles. The van der Waals surface area contributed by atoms with Crippen molar-refractivity contribution in [2.45, 2.75) is 18.7 Å². The molecule has 2 aromatic carbocycles. The van der Waals surface area contributed by atoms with Crippen molar-refractivity contribution in [1.82, 2.24) is 4.98 Å². The van der Waals surface area contributed by atoms with Crippen molar-refractivity contribution in [3.63, 3.8) is 0 Å². The number of anilines is 2. The summed E-state index contributed by atoms with van der Waals surface area (Å²) in [6.07, 6.45) is 1.94. The lowest BCUT2D eigenvalue weighted by atomic mass is 10.0. The molecule has 1 aliphatic rings. The second kappa shape index (κ2) is 7.07. The molecule has 0 saturated carbocycles. The number of piperazine rings is 1. The van der Waals surface area contributed by atoms with Crippen molar-refractivity contribution >= 4 is 32.3 Å². The monoisotopic (exact) mass is 396 g/mol. The van der Waals surface area contributed by atoms with Crippen molar-refractivity contribution in [2.75, 3.05) is 36.0 Å². The Morgan fingerprint density at radius 2 is 1.57 bits per heavy atom. The molecule has 0 bridgehead atoms. The smallest absolute Gasteiger partial charge is 0.240 e. The fraction of sp³-hybridized carbons (Fsp3) is 0.286. The first-order valence-electron chi connectivity index (χ1n) is 9.33. The van der Waals surface area contributed by atoms with E-state index in [9.17, 15) is 8.42 Å². The summed E-state index contributed by atoms with van der Waals surface area (Å²) in [5.74, 6) is 0. The maximum Gasteiger partial charge on any atom is 0.240 e. The summed E-state index contributed by atoms with van der Waals surface area (Å²) in [6.45, 7) is 7.21. The standard InChI is InChI=1S/C21H24N4O2S/c1-15-6-5-7-17-20(15)23-14-16(2)21(17)25-12-10-24(11-13-25)18-8-3-4-9-19(18)28(22,26)27/h3-9,14H,10-13H2,1-2H3,(H2,22,26,27). The van der Waals surface area contributed by atoms with Crippen LogP contribution in [0.2, 0.25) is 0 Å². The number of nitrogens with zero attached hydrogens (tertiary/aromatic N) is 3. The van der Waals surface area contributed by atoms with Crippen LogP contribution in [-0.2, 0) is 10.0 Å². The first-order chi connectivity index (χ1) is 13.4. The number of primary sulfonamides is 1. The average Bonchev–Trinajstić information content (AvgIpc) is 2.68. The highest BCUT2D eigenvalue weighted by Gasteiger charge is 2.24. The van der Waals surface area contributed by atoms with E-state index in [0.717, 1.165) is 37.3 Å². The lowest BCUT2D eigenvalue weighted by Gasteiger charge is -2.39. The summed E-state index contributed by atoms with van der Waals surface area (Å²) < 4.78 is 23.9. The summed E-state index contributed by atoms with van der Waals surface area (Å²) in [5.41, 5.74) is 5.24. The maximum atomic E-state index is 11.9. The maximum absolute atomic E-state index is 11.9. The van der Waals surface area contributed by atoms with Gasteiger partial charge in [0, 0.05) is 37.8 Å². The molecule has 2 heterocycles. The van der Waals surface area contributed by atoms with Gasteiger partial charge >= 0.3 is 0 Å². The van der Waals surface area contributed by atoms with Crippen molar-refractivity contribution in [3.8, 4) is 0 Å². The first kappa shape index (κ1) is 18.7. The quantitative estimate of drug-likeness (QED) is 0.736. The van der Waals surface area contributed by atoms with E-state index in [-0.39, 0.29) is 4.90 Å². The van der Waals surface area contributed by atoms with Gasteiger partial charge in [0.25, 0.3) is 0 Å². The van der Waals surface area contributed by atoms with Gasteiger partial charge in [0.05, 0.1) is 16.9 Å². The molecule has 28 heavy (non-hydrogen) atoms. The molecule has 3 aromatic rings. The number of fused-ring (bicyclic) bond motifs is 1. The molecule has 1 aromatic heterocycles. The van der Waals surface area contributed by atoms with Crippen LogP contribution in [0.5, 0.6) is 0 Å². The predicted octanol–water partition coefficient (Wildman–Crippen LogP) is 2.83. The molecule has 7 heteroatoms. The van der Waals surface area contributed by atoms with E-state index in [4.69, 9.17) is 5.14 Å². The average molecular weight is 397 g/mol. The summed E-state index contributed by atoms with van der Waals surface area (Å²) in [4.78, 5) is 9.27. The third-order valence-electron chi connectivity index (χ3n) is 5.36. The Morgan fingerprint density at radius 3 is 2.29 bits per heavy atom. The fourth-order valence-corrected chi connectivity index (χ4v) is 4.76. The minimum Gasteiger partial charge on any atom is -0.367 e. The molecule has 0 amide bonds. The van der Waals surface area contributed by atoms with E-state index < -0.39 is 10.0 Å². The second-order valence-electron chi connectivity index (χ2n) is 7.25. The Morgan fingerprint density at radius 1 is 0.893 bits per heavy atom. The minimum absolute atomic E-state index is 0.185. The number of hydrogen-bond donors (Lipinski definition) is 1. The lowest BCUT2D eigenvalue weighted by molar-refractivity contribution is 0.595. The lowest BCUT2D eigenvalue weighted by Crippen LogP contribution is -2.47. The molecular formula is C21H24N4O2S. The first-order valence-corrected chi connectivity index (χ1v) is 10.9. The van der Waals surface area contributed by atoms with Gasteiger partial charge in [0.15, 0.2) is 0 Å². The van der Waals surface area contributed by atoms with Crippen molar-refractivity contribution in [2.24, 2.45) is 5.14 Å². The van der Waals surface area contributed by atoms with Gasteiger partial charge in [-0.1, -0.05) is 30.3 Å². The summed E-state index contributed by atoms with van der Waals surface area (Å²) in [5, 5.41) is 6.57. The molecule has 0 unspecified atom stereocenters. The van der Waals surface area contributed by atoms with Crippen LogP contribution in [0.1, 0.15) is 11.1 Å². The summed E-state index contributed by atoms with van der Waals surface area (Å²) in [7, 11) is -3.75. The molecule has 0 spiro atoms. The third kappa shape index (κ3) is 3.31. The minimum atomic E-state index is -3.75. The van der Waals surface area contributed by atoms with E-state index in [1.165, 1.54) is 16.6 Å². The van der Waals surface area contributed by atoms with Crippen LogP contribution in [0.25, 0.3) is 10.9 Å². The van der Waals surface area contributed by atoms with Crippen LogP contribution in [-0.4, -0.2) is 39.6 Å². The molecule has 6 nitrogen and oxygen atoms in total. The van der Waals surface area contributed by atoms with Crippen LogP contribution in [0, 0.1) is 13.8 Å². The fourth-order valence-electron chi connectivity index (χ4n) is 4.01. The Bertz CT molecular complexity index is 1140. The van der Waals surface area contributed by atoms with Gasteiger partial charge in [0.1, 0.15) is 4.90 Å². The number of hydrogen-bond acceptors (Lipinski definition) is 5. The highest BCUT2D eigenvalue weighted by molar-refractivity contribution is 7.89. The van der Waals surface area contributed by atoms with Crippen LogP contribution < -0.4 is 14.9 Å². The Balaban J connectivity index is 1.64. The highest BCUT2D eigenvalue weighted by Crippen LogP contribution is 2.32. The number of aromatic nitrogens is 1. The number of benzene rings is 2. The Labute approximate surface area is 165 Å². The summed E-state index contributed by atoms with van der Waals surface area (Å²) >= 11 is 0. The number of sulfonamides is 1. The zero-order chi connectivity index (χ0) is 19.9. The van der Waals surface area contributed by atoms with E-state index >= 15 is 0 Å². The molecular weight excluding hydrogens is 372 g/mol. The van der Waals surface area contributed by atoms with Crippen molar-refractivity contribution in [3.05, 3.63) is 59.8 Å². The van der Waals surface area contributed by atoms with Crippen LogP contribution >= 0.6 is 0 Å². The van der Waals surface area contributed by atoms with Crippen LogP contribution in [0.3, 0.4) is 0 Å². The molecule has 4 rings (SSSR count). The topological polar surface area (TPSA) is 79.5 Å². The Kier molecular flexibility index (Phi) is 4.72. The zero-order valence-electron chi connectivity index (χ0n) is 16.1. The molecule has 0 atom stereocenters. The van der Waals surface area contributed by atoms with E-state index in [1.807, 2.05) is 18.3 Å². The second-order valence-corrected chi connectivity index (χ2v) is 8.78. The number of pyridine rings is 1. The van der Waals surface area contributed by atoms with Crippen LogP contribution in [0.4, 0.5) is 11.4 Å². The number of para-hydroxylation sites is 2. The normalized spacial score (nSPS) is 15.2. The summed E-state index contributed by atoms with van der Waals surface area (Å²) in [6, 6.07) is 13.2. The van der Waals surface area contributed by atoms with Gasteiger partial charge in [-0.25, -0.2) is 13.6 Å². The van der Waals surface area contributed by atoms with Gasteiger partial charge in [-0.05, 0) is 37.1 Å². The molecule has 1 aliphatic heterocycles. The zero-order valence-corrected chi connectivity index (χ0v) is 16.9. The SMILES string of the molecule is Cc1cnc2c(C)cccc2c1N1CCN(c2ccccc2S(N)(=O)=O)CC1. The van der Waals surface area contributed by atoms with E-state index in [2.05, 4.69) is 46.8 Å². The van der Waals surface area contributed by atoms with E-state index in [1.54, 1.807) is 12.1 Å². The van der Waals surface area contributed by atoms with Crippen molar-refractivity contribution in [1.29, 1.82) is 0 Å². The van der Waals surface area contributed by atoms with Gasteiger partial charge in [-0.2, -0.15) is 0 Å². The van der Waals surface area contributed by atoms with Crippen molar-refractivity contribution < 1.29 is 8.42 Å². The third-order valence-corrected chi connectivity index (χ3v) is 6.32. The Hall–Kier alpha value is -2.64. The number of rotatable bonds is 3. The number of aryl methyl sites for hydroxylation is 2.